The summed E-state index contributed by atoms with van der Waals surface area (Å²) in [6, 6.07) is 4.03. The molecule has 0 atom stereocenters. The summed E-state index contributed by atoms with van der Waals surface area (Å²) in [5, 5.41) is 5.41. The van der Waals surface area contributed by atoms with E-state index in [9.17, 15) is 4.79 Å². The Labute approximate surface area is 79.3 Å². The molecule has 3 heteroatoms. The highest BCUT2D eigenvalue weighted by Gasteiger charge is 2.14. The van der Waals surface area contributed by atoms with E-state index in [1.54, 1.807) is 23.9 Å². The molecule has 1 aromatic carbocycles. The van der Waals surface area contributed by atoms with E-state index in [1.165, 1.54) is 4.90 Å². The molecule has 1 N–H and O–H groups in total. The smallest absolute Gasteiger partial charge is 0.179 e. The average Bonchev–Trinajstić information content (AvgIpc) is 2.65. The minimum absolute atomic E-state index is 0.107. The standard InChI is InChI=1S/C10H7NOS/c12-7-3-6-1-2-9-10(8(6)4-7)13-5-11-9/h1-4,11H,5H2. The third-order valence-electron chi connectivity index (χ3n) is 2.29. The highest BCUT2D eigenvalue weighted by Crippen LogP contribution is 2.29. The fraction of sp³-hybridized carbons (Fsp3) is 0.100. The summed E-state index contributed by atoms with van der Waals surface area (Å²) in [6.45, 7) is 0. The first-order valence-electron chi connectivity index (χ1n) is 4.12. The molecule has 0 fully saturated rings. The molecule has 0 saturated carbocycles. The first-order valence-corrected chi connectivity index (χ1v) is 5.10. The van der Waals surface area contributed by atoms with Crippen molar-refractivity contribution in [1.82, 2.24) is 0 Å². The third-order valence-corrected chi connectivity index (χ3v) is 3.31. The molecule has 0 unspecified atom stereocenters. The number of ketones is 1. The quantitative estimate of drug-likeness (QED) is 0.636. The summed E-state index contributed by atoms with van der Waals surface area (Å²) in [7, 11) is 0. The van der Waals surface area contributed by atoms with E-state index in [1.807, 2.05) is 12.1 Å². The molecule has 1 aliphatic carbocycles. The Morgan fingerprint density at radius 1 is 1.31 bits per heavy atom. The molecule has 1 aliphatic heterocycles. The van der Waals surface area contributed by atoms with Crippen LogP contribution in [0.2, 0.25) is 0 Å². The predicted molar refractivity (Wildman–Crippen MR) is 54.0 cm³/mol. The van der Waals surface area contributed by atoms with Gasteiger partial charge in [-0.1, -0.05) is 6.07 Å². The molecule has 0 radical (unpaired) electrons. The Morgan fingerprint density at radius 2 is 2.23 bits per heavy atom. The van der Waals surface area contributed by atoms with Gasteiger partial charge < -0.3 is 5.32 Å². The van der Waals surface area contributed by atoms with Gasteiger partial charge in [-0.15, -0.1) is 11.8 Å². The molecule has 0 amide bonds. The van der Waals surface area contributed by atoms with Crippen LogP contribution in [0.25, 0.3) is 12.2 Å². The van der Waals surface area contributed by atoms with Gasteiger partial charge in [-0.05, 0) is 23.4 Å². The van der Waals surface area contributed by atoms with Gasteiger partial charge in [-0.2, -0.15) is 0 Å². The minimum Gasteiger partial charge on any atom is -0.375 e. The summed E-state index contributed by atoms with van der Waals surface area (Å²) in [5.41, 5.74) is 1.16. The second kappa shape index (κ2) is 2.39. The van der Waals surface area contributed by atoms with Gasteiger partial charge in [0.2, 0.25) is 0 Å². The van der Waals surface area contributed by atoms with Crippen molar-refractivity contribution in [3.05, 3.63) is 22.6 Å². The number of carbonyl (C=O) groups is 1. The Hall–Kier alpha value is -1.22. The number of benzene rings is 1. The number of hydrogen-bond donors (Lipinski definition) is 1. The minimum atomic E-state index is 0.107. The highest BCUT2D eigenvalue weighted by atomic mass is 32.2. The van der Waals surface area contributed by atoms with Gasteiger partial charge in [0.25, 0.3) is 0 Å². The first-order chi connectivity index (χ1) is 6.34. The molecule has 0 bridgehead atoms. The molecule has 3 rings (SSSR count). The van der Waals surface area contributed by atoms with E-state index in [-0.39, 0.29) is 5.78 Å². The van der Waals surface area contributed by atoms with Gasteiger partial charge >= 0.3 is 0 Å². The van der Waals surface area contributed by atoms with Crippen molar-refractivity contribution in [2.24, 2.45) is 0 Å². The largest absolute Gasteiger partial charge is 0.375 e. The normalized spacial score (nSPS) is 17.1. The fourth-order valence-electron chi connectivity index (χ4n) is 1.71. The first kappa shape index (κ1) is 7.21. The van der Waals surface area contributed by atoms with E-state index >= 15 is 0 Å². The average molecular weight is 189 g/mol. The maximum Gasteiger partial charge on any atom is 0.179 e. The predicted octanol–water partition coefficient (Wildman–Crippen LogP) is 0.305. The molecule has 0 spiro atoms. The fourth-order valence-corrected chi connectivity index (χ4v) is 2.71. The van der Waals surface area contributed by atoms with E-state index in [0.717, 1.165) is 22.0 Å². The van der Waals surface area contributed by atoms with Crippen LogP contribution < -0.4 is 15.8 Å². The van der Waals surface area contributed by atoms with E-state index in [4.69, 9.17) is 0 Å². The van der Waals surface area contributed by atoms with Crippen LogP contribution in [-0.4, -0.2) is 11.7 Å². The van der Waals surface area contributed by atoms with Crippen LogP contribution in [-0.2, 0) is 4.79 Å². The number of anilines is 1. The lowest BCUT2D eigenvalue weighted by Gasteiger charge is -1.96. The van der Waals surface area contributed by atoms with Gasteiger partial charge in [-0.25, -0.2) is 0 Å². The molecule has 13 heavy (non-hydrogen) atoms. The Balaban J connectivity index is 2.47. The molecule has 2 nitrogen and oxygen atoms in total. The SMILES string of the molecule is O=C1C=c2ccc3c(c2=C1)SCN3. The lowest BCUT2D eigenvalue weighted by molar-refractivity contribution is -0.107. The van der Waals surface area contributed by atoms with Crippen molar-refractivity contribution in [3.63, 3.8) is 0 Å². The van der Waals surface area contributed by atoms with Gasteiger partial charge in [0.15, 0.2) is 5.78 Å². The maximum atomic E-state index is 11.2. The van der Waals surface area contributed by atoms with Crippen molar-refractivity contribution < 1.29 is 4.79 Å². The van der Waals surface area contributed by atoms with Crippen LogP contribution in [0.4, 0.5) is 5.69 Å². The molecule has 64 valence electrons. The van der Waals surface area contributed by atoms with Crippen LogP contribution in [0.1, 0.15) is 0 Å². The van der Waals surface area contributed by atoms with Gasteiger partial charge in [0, 0.05) is 15.8 Å². The maximum absolute atomic E-state index is 11.2. The molecule has 0 saturated heterocycles. The number of nitrogens with one attached hydrogen (secondary N) is 1. The highest BCUT2D eigenvalue weighted by molar-refractivity contribution is 7.99. The van der Waals surface area contributed by atoms with Crippen molar-refractivity contribution in [2.75, 3.05) is 11.2 Å². The number of fused-ring (bicyclic) bond motifs is 3. The summed E-state index contributed by atoms with van der Waals surface area (Å²) >= 11 is 1.76. The molecule has 2 aliphatic rings. The number of thioether (sulfide) groups is 1. The van der Waals surface area contributed by atoms with Crippen LogP contribution in [0.3, 0.4) is 0 Å². The van der Waals surface area contributed by atoms with Gasteiger partial charge in [0.1, 0.15) is 0 Å². The van der Waals surface area contributed by atoms with E-state index < -0.39 is 0 Å². The second-order valence-electron chi connectivity index (χ2n) is 3.10. The van der Waals surface area contributed by atoms with Crippen molar-refractivity contribution in [2.45, 2.75) is 4.90 Å². The topological polar surface area (TPSA) is 29.1 Å². The molecule has 1 heterocycles. The van der Waals surface area contributed by atoms with Crippen LogP contribution >= 0.6 is 11.8 Å². The summed E-state index contributed by atoms with van der Waals surface area (Å²) in [4.78, 5) is 12.4. The molecule has 1 aromatic rings. The number of carbonyl (C=O) groups excluding carboxylic acids is 1. The van der Waals surface area contributed by atoms with Crippen molar-refractivity contribution in [3.8, 4) is 0 Å². The zero-order valence-electron chi connectivity index (χ0n) is 6.83. The van der Waals surface area contributed by atoms with E-state index in [0.29, 0.717) is 0 Å². The third kappa shape index (κ3) is 0.937. The Kier molecular flexibility index (Phi) is 1.32. The lowest BCUT2D eigenvalue weighted by Crippen LogP contribution is -2.22. The molecule has 0 aromatic heterocycles. The van der Waals surface area contributed by atoms with E-state index in [2.05, 4.69) is 5.32 Å². The van der Waals surface area contributed by atoms with Crippen molar-refractivity contribution >= 4 is 35.4 Å². The molecular weight excluding hydrogens is 182 g/mol. The number of hydrogen-bond acceptors (Lipinski definition) is 3. The monoisotopic (exact) mass is 189 g/mol. The Morgan fingerprint density at radius 3 is 3.15 bits per heavy atom. The van der Waals surface area contributed by atoms with Crippen LogP contribution in [0, 0.1) is 0 Å². The lowest BCUT2D eigenvalue weighted by atomic mass is 10.2. The zero-order chi connectivity index (χ0) is 8.84. The number of Topliss-reactive ketones (excluding diaryl/α,β-unsaturated/α-hetero) is 1. The van der Waals surface area contributed by atoms with Gasteiger partial charge in [0.05, 0.1) is 5.88 Å². The summed E-state index contributed by atoms with van der Waals surface area (Å²) in [5.74, 6) is 1.02. The Bertz CT molecular complexity index is 518. The summed E-state index contributed by atoms with van der Waals surface area (Å²) < 4.78 is 0. The van der Waals surface area contributed by atoms with Crippen LogP contribution in [0.15, 0.2) is 17.0 Å². The summed E-state index contributed by atoms with van der Waals surface area (Å²) in [6.07, 6.45) is 3.41. The second-order valence-corrected chi connectivity index (χ2v) is 4.09. The number of rotatable bonds is 0. The molecular formula is C10H7NOS. The van der Waals surface area contributed by atoms with Crippen molar-refractivity contribution in [1.29, 1.82) is 0 Å². The van der Waals surface area contributed by atoms with Crippen LogP contribution in [0.5, 0.6) is 0 Å². The zero-order valence-corrected chi connectivity index (χ0v) is 7.65. The van der Waals surface area contributed by atoms with Gasteiger partial charge in [-0.3, -0.25) is 4.79 Å².